The molecule has 0 aliphatic rings. The lowest BCUT2D eigenvalue weighted by Crippen LogP contribution is -2.30. The van der Waals surface area contributed by atoms with Crippen LogP contribution in [0.15, 0.2) is 24.3 Å². The minimum absolute atomic E-state index is 0.0560. The second kappa shape index (κ2) is 10.4. The van der Waals surface area contributed by atoms with Gasteiger partial charge in [-0.1, -0.05) is 156 Å². The van der Waals surface area contributed by atoms with Gasteiger partial charge in [-0.15, -0.1) is 0 Å². The van der Waals surface area contributed by atoms with Crippen LogP contribution in [0.2, 0.25) is 0 Å². The molecule has 0 spiro atoms. The molecule has 0 aromatic heterocycles. The predicted molar refractivity (Wildman–Crippen MR) is 177 cm³/mol. The lowest BCUT2D eigenvalue weighted by atomic mass is 9.65. The summed E-state index contributed by atoms with van der Waals surface area (Å²) in [5.41, 5.74) is 12.8. The van der Waals surface area contributed by atoms with Gasteiger partial charge in [0, 0.05) is 0 Å². The summed E-state index contributed by atoms with van der Waals surface area (Å²) in [6.07, 6.45) is 1.06. The molecule has 0 aliphatic carbocycles. The van der Waals surface area contributed by atoms with Crippen molar-refractivity contribution in [3.8, 4) is 0 Å². The summed E-state index contributed by atoms with van der Waals surface area (Å²) in [4.78, 5) is 0. The van der Waals surface area contributed by atoms with Crippen LogP contribution in [0.1, 0.15) is 182 Å². The molecule has 0 radical (unpaired) electrons. The highest BCUT2D eigenvalue weighted by Gasteiger charge is 2.36. The molecular formula is C39H64. The van der Waals surface area contributed by atoms with Crippen molar-refractivity contribution in [2.75, 3.05) is 0 Å². The summed E-state index contributed by atoms with van der Waals surface area (Å²) in [7, 11) is 0. The molecule has 1 unspecified atom stereocenters. The maximum Gasteiger partial charge on any atom is -0.0126 e. The van der Waals surface area contributed by atoms with Crippen LogP contribution >= 0.6 is 0 Å². The molecule has 0 fully saturated rings. The summed E-state index contributed by atoms with van der Waals surface area (Å²) >= 11 is 0. The average Bonchev–Trinajstić information content (AvgIpc) is 2.67. The largest absolute Gasteiger partial charge is 0.0581 e. The highest BCUT2D eigenvalue weighted by atomic mass is 14.4. The van der Waals surface area contributed by atoms with Crippen LogP contribution in [-0.2, 0) is 38.9 Å². The molecule has 0 amide bonds. The van der Waals surface area contributed by atoms with E-state index in [1.807, 2.05) is 0 Å². The average molecular weight is 533 g/mol. The van der Waals surface area contributed by atoms with E-state index in [4.69, 9.17) is 0 Å². The molecule has 0 bridgehead atoms. The third-order valence-corrected chi connectivity index (χ3v) is 8.29. The first kappa shape index (κ1) is 33.6. The lowest BCUT2D eigenvalue weighted by molar-refractivity contribution is 0.496. The van der Waals surface area contributed by atoms with Crippen LogP contribution in [0.5, 0.6) is 0 Å². The standard InChI is InChI=1S/C39H64/c1-25(31-28(35(5,6)7)21-23-30(37(11,12)13)33(31)39(17,18)19)24-26-27(34(2,3)4)20-22-29(36(8,9)10)32(26)38(14,15)16/h20-23,25H,24H2,1-19H3. The molecule has 2 rings (SSSR count). The van der Waals surface area contributed by atoms with Gasteiger partial charge in [0.15, 0.2) is 0 Å². The monoisotopic (exact) mass is 533 g/mol. The van der Waals surface area contributed by atoms with Gasteiger partial charge in [0.05, 0.1) is 0 Å². The highest BCUT2D eigenvalue weighted by Crippen LogP contribution is 2.47. The van der Waals surface area contributed by atoms with E-state index in [0.29, 0.717) is 5.92 Å². The summed E-state index contributed by atoms with van der Waals surface area (Å²) in [6.45, 7) is 45.6. The minimum atomic E-state index is 0.0560. The van der Waals surface area contributed by atoms with Gasteiger partial charge < -0.3 is 0 Å². The normalized spacial score (nSPS) is 15.1. The summed E-state index contributed by atoms with van der Waals surface area (Å²) in [5, 5.41) is 0. The first-order valence-electron chi connectivity index (χ1n) is 15.4. The maximum atomic E-state index is 2.51. The fraction of sp³-hybridized carbons (Fsp3) is 0.692. The first-order chi connectivity index (χ1) is 17.1. The Hall–Kier alpha value is -1.56. The van der Waals surface area contributed by atoms with Crippen molar-refractivity contribution in [1.29, 1.82) is 0 Å². The van der Waals surface area contributed by atoms with Gasteiger partial charge >= 0.3 is 0 Å². The van der Waals surface area contributed by atoms with E-state index in [1.165, 1.54) is 22.3 Å². The molecule has 39 heavy (non-hydrogen) atoms. The summed E-state index contributed by atoms with van der Waals surface area (Å²) < 4.78 is 0. The molecule has 0 heteroatoms. The Morgan fingerprint density at radius 1 is 0.410 bits per heavy atom. The van der Waals surface area contributed by atoms with E-state index in [1.54, 1.807) is 22.3 Å². The van der Waals surface area contributed by atoms with Crippen molar-refractivity contribution >= 4 is 0 Å². The first-order valence-corrected chi connectivity index (χ1v) is 15.4. The van der Waals surface area contributed by atoms with Crippen molar-refractivity contribution in [1.82, 2.24) is 0 Å². The third-order valence-electron chi connectivity index (χ3n) is 8.29. The van der Waals surface area contributed by atoms with Crippen LogP contribution in [0.3, 0.4) is 0 Å². The fourth-order valence-electron chi connectivity index (χ4n) is 6.67. The molecule has 2 aromatic carbocycles. The van der Waals surface area contributed by atoms with Gasteiger partial charge in [-0.2, -0.15) is 0 Å². The van der Waals surface area contributed by atoms with Gasteiger partial charge in [-0.05, 0) is 89.3 Å². The van der Waals surface area contributed by atoms with E-state index in [2.05, 4.69) is 156 Å². The summed E-state index contributed by atoms with van der Waals surface area (Å²) in [5.74, 6) is 0.396. The lowest BCUT2D eigenvalue weighted by Gasteiger charge is -2.40. The van der Waals surface area contributed by atoms with Gasteiger partial charge in [0.2, 0.25) is 0 Å². The zero-order valence-electron chi connectivity index (χ0n) is 29.6. The highest BCUT2D eigenvalue weighted by molar-refractivity contribution is 5.54. The van der Waals surface area contributed by atoms with Crippen LogP contribution < -0.4 is 0 Å². The van der Waals surface area contributed by atoms with Crippen LogP contribution in [-0.4, -0.2) is 0 Å². The Balaban J connectivity index is 3.08. The van der Waals surface area contributed by atoms with Crippen LogP contribution in [0.4, 0.5) is 0 Å². The van der Waals surface area contributed by atoms with E-state index < -0.39 is 0 Å². The smallest absolute Gasteiger partial charge is 0.0126 e. The predicted octanol–water partition coefficient (Wildman–Crippen LogP) is 11.8. The molecule has 2 aromatic rings. The van der Waals surface area contributed by atoms with Gasteiger partial charge in [0.1, 0.15) is 0 Å². The van der Waals surface area contributed by atoms with E-state index in [0.717, 1.165) is 6.42 Å². The molecular weight excluding hydrogens is 468 g/mol. The molecule has 0 saturated heterocycles. The van der Waals surface area contributed by atoms with Crippen molar-refractivity contribution in [2.24, 2.45) is 0 Å². The Bertz CT molecular complexity index is 1160. The minimum Gasteiger partial charge on any atom is -0.0581 e. The van der Waals surface area contributed by atoms with E-state index >= 15 is 0 Å². The van der Waals surface area contributed by atoms with Crippen molar-refractivity contribution in [3.05, 3.63) is 68.8 Å². The number of hydrogen-bond acceptors (Lipinski definition) is 0. The molecule has 0 heterocycles. The number of benzene rings is 2. The summed E-state index contributed by atoms with van der Waals surface area (Å²) in [6, 6.07) is 9.80. The third kappa shape index (κ3) is 7.40. The fourth-order valence-corrected chi connectivity index (χ4v) is 6.67. The Kier molecular flexibility index (Phi) is 8.94. The molecule has 220 valence electrons. The quantitative estimate of drug-likeness (QED) is 0.369. The Morgan fingerprint density at radius 3 is 1.05 bits per heavy atom. The van der Waals surface area contributed by atoms with E-state index in [-0.39, 0.29) is 32.5 Å². The molecule has 0 saturated carbocycles. The molecule has 0 aliphatic heterocycles. The second-order valence-electron chi connectivity index (χ2n) is 18.6. The topological polar surface area (TPSA) is 0 Å². The van der Waals surface area contributed by atoms with Crippen LogP contribution in [0, 0.1) is 0 Å². The van der Waals surface area contributed by atoms with Crippen molar-refractivity contribution in [3.63, 3.8) is 0 Å². The van der Waals surface area contributed by atoms with Gasteiger partial charge in [-0.3, -0.25) is 0 Å². The second-order valence-corrected chi connectivity index (χ2v) is 18.6. The van der Waals surface area contributed by atoms with Crippen molar-refractivity contribution < 1.29 is 0 Å². The van der Waals surface area contributed by atoms with Crippen LogP contribution in [0.25, 0.3) is 0 Å². The van der Waals surface area contributed by atoms with E-state index in [9.17, 15) is 0 Å². The Labute approximate surface area is 244 Å². The zero-order valence-corrected chi connectivity index (χ0v) is 29.6. The van der Waals surface area contributed by atoms with Gasteiger partial charge in [-0.25, -0.2) is 0 Å². The Morgan fingerprint density at radius 2 is 0.718 bits per heavy atom. The van der Waals surface area contributed by atoms with Crippen molar-refractivity contribution in [2.45, 2.75) is 176 Å². The van der Waals surface area contributed by atoms with Gasteiger partial charge in [0.25, 0.3) is 0 Å². The number of hydrogen-bond donors (Lipinski definition) is 0. The molecule has 0 nitrogen and oxygen atoms in total. The molecule has 1 atom stereocenters. The number of rotatable bonds is 3. The zero-order chi connectivity index (χ0) is 30.7. The molecule has 0 N–H and O–H groups in total. The SMILES string of the molecule is CC(Cc1c(C(C)(C)C)ccc(C(C)(C)C)c1C(C)(C)C)c1c(C(C)(C)C)ccc(C(C)(C)C)c1C(C)(C)C. The maximum absolute atomic E-state index is 2.51.